The number of benzene rings is 2. The van der Waals surface area contributed by atoms with Gasteiger partial charge < -0.3 is 25.8 Å². The molecule has 1 fully saturated rings. The van der Waals surface area contributed by atoms with Gasteiger partial charge in [0.1, 0.15) is 0 Å². The van der Waals surface area contributed by atoms with E-state index in [2.05, 4.69) is 9.89 Å². The van der Waals surface area contributed by atoms with Crippen molar-refractivity contribution in [2.24, 2.45) is 17.8 Å². The zero-order chi connectivity index (χ0) is 20.5. The van der Waals surface area contributed by atoms with Crippen LogP contribution >= 0.6 is 11.6 Å². The zero-order valence-corrected chi connectivity index (χ0v) is 16.9. The molecule has 7 nitrogen and oxygen atoms in total. The van der Waals surface area contributed by atoms with Crippen LogP contribution in [-0.4, -0.2) is 47.4 Å². The Morgan fingerprint density at radius 1 is 1.03 bits per heavy atom. The maximum atomic E-state index is 12.8. The molecule has 3 aromatic rings. The van der Waals surface area contributed by atoms with Crippen molar-refractivity contribution in [3.63, 3.8) is 0 Å². The van der Waals surface area contributed by atoms with Crippen LogP contribution in [0.25, 0.3) is 10.9 Å². The number of nitrogen functional groups attached to an aromatic ring is 1. The smallest absolute Gasteiger partial charge is 0.289 e. The summed E-state index contributed by atoms with van der Waals surface area (Å²) in [5.41, 5.74) is 14.9. The number of hydrogen-bond donors (Lipinski definition) is 2. The van der Waals surface area contributed by atoms with Gasteiger partial charge in [0.25, 0.3) is 5.91 Å². The summed E-state index contributed by atoms with van der Waals surface area (Å²) in [6.07, 6.45) is 0. The summed E-state index contributed by atoms with van der Waals surface area (Å²) in [4.78, 5) is 21.1. The molecule has 0 spiro atoms. The molecule has 1 aliphatic rings. The molecule has 150 valence electrons. The molecule has 8 heteroatoms. The molecular formula is C21H23ClN6O. The van der Waals surface area contributed by atoms with Crippen molar-refractivity contribution in [3.8, 4) is 0 Å². The third kappa shape index (κ3) is 3.61. The predicted octanol–water partition coefficient (Wildman–Crippen LogP) is 2.75. The van der Waals surface area contributed by atoms with Crippen LogP contribution in [0.2, 0.25) is 5.02 Å². The first kappa shape index (κ1) is 19.1. The lowest BCUT2D eigenvalue weighted by atomic mass is 10.2. The first-order valence-electron chi connectivity index (χ1n) is 9.42. The van der Waals surface area contributed by atoms with E-state index < -0.39 is 0 Å². The lowest BCUT2D eigenvalue weighted by Crippen LogP contribution is -2.52. The highest BCUT2D eigenvalue weighted by Crippen LogP contribution is 2.33. The number of nitrogens with two attached hydrogens (primary N) is 2. The second-order valence-corrected chi connectivity index (χ2v) is 7.50. The number of carbonyl (C=O) groups excluding carboxylic acids is 1. The number of amidine groups is 1. The van der Waals surface area contributed by atoms with Gasteiger partial charge in [-0.25, -0.2) is 4.99 Å². The number of aryl methyl sites for hydroxylation is 1. The maximum Gasteiger partial charge on any atom is 0.289 e. The molecule has 0 unspecified atom stereocenters. The van der Waals surface area contributed by atoms with E-state index in [0.717, 1.165) is 29.7 Å². The van der Waals surface area contributed by atoms with E-state index in [-0.39, 0.29) is 11.7 Å². The predicted molar refractivity (Wildman–Crippen MR) is 119 cm³/mol. The van der Waals surface area contributed by atoms with Gasteiger partial charge in [-0.1, -0.05) is 29.8 Å². The topological polar surface area (TPSA) is 92.9 Å². The van der Waals surface area contributed by atoms with Crippen LogP contribution in [0.5, 0.6) is 0 Å². The van der Waals surface area contributed by atoms with Gasteiger partial charge in [-0.15, -0.1) is 0 Å². The van der Waals surface area contributed by atoms with Gasteiger partial charge in [0.2, 0.25) is 0 Å². The van der Waals surface area contributed by atoms with Crippen LogP contribution in [0.15, 0.2) is 53.5 Å². The number of rotatable bonds is 2. The number of amides is 1. The highest BCUT2D eigenvalue weighted by atomic mass is 35.5. The first-order chi connectivity index (χ1) is 14.0. The maximum absolute atomic E-state index is 12.8. The Bertz CT molecular complexity index is 1040. The zero-order valence-electron chi connectivity index (χ0n) is 16.2. The Kier molecular flexibility index (Phi) is 5.07. The molecule has 1 aliphatic heterocycles. The highest BCUT2D eigenvalue weighted by molar-refractivity contribution is 6.37. The van der Waals surface area contributed by atoms with E-state index in [4.69, 9.17) is 23.1 Å². The van der Waals surface area contributed by atoms with Crippen molar-refractivity contribution >= 4 is 51.4 Å². The summed E-state index contributed by atoms with van der Waals surface area (Å²) in [7, 11) is 1.86. The number of para-hydroxylation sites is 1. The molecule has 0 bridgehead atoms. The minimum atomic E-state index is -0.273. The number of nitrogens with zero attached hydrogens (tertiary/aromatic N) is 4. The van der Waals surface area contributed by atoms with E-state index in [9.17, 15) is 4.79 Å². The standard InChI is InChI=1S/C21H23ClN6O/c1-26-17-5-3-2-4-16(17)18(23)20(26)25-19(24)21(29)28-12-10-27(11-13-28)15-8-6-14(22)7-9-15/h2-9H,10-13,23H2,1H3,(H2,24,25). The number of aromatic nitrogens is 1. The monoisotopic (exact) mass is 410 g/mol. The molecule has 2 heterocycles. The van der Waals surface area contributed by atoms with Crippen LogP contribution in [0, 0.1) is 0 Å². The quantitative estimate of drug-likeness (QED) is 0.501. The molecule has 4 N–H and O–H groups in total. The lowest BCUT2D eigenvalue weighted by Gasteiger charge is -2.36. The van der Waals surface area contributed by atoms with Crippen LogP contribution in [0.1, 0.15) is 0 Å². The van der Waals surface area contributed by atoms with Crippen LogP contribution in [0.4, 0.5) is 17.2 Å². The number of fused-ring (bicyclic) bond motifs is 1. The van der Waals surface area contributed by atoms with E-state index in [1.54, 1.807) is 4.90 Å². The van der Waals surface area contributed by atoms with Gasteiger partial charge in [0, 0.05) is 49.3 Å². The fourth-order valence-electron chi connectivity index (χ4n) is 3.69. The number of carbonyl (C=O) groups is 1. The lowest BCUT2D eigenvalue weighted by molar-refractivity contribution is -0.124. The second kappa shape index (κ2) is 7.67. The van der Waals surface area contributed by atoms with E-state index >= 15 is 0 Å². The van der Waals surface area contributed by atoms with Gasteiger partial charge in [-0.05, 0) is 30.3 Å². The van der Waals surface area contributed by atoms with Crippen molar-refractivity contribution in [1.82, 2.24) is 9.47 Å². The Labute approximate surface area is 174 Å². The number of halogens is 1. The molecule has 0 aliphatic carbocycles. The van der Waals surface area contributed by atoms with E-state index in [1.807, 2.05) is 60.1 Å². The molecule has 0 atom stereocenters. The van der Waals surface area contributed by atoms with Gasteiger partial charge in [0.15, 0.2) is 11.7 Å². The van der Waals surface area contributed by atoms with E-state index in [0.29, 0.717) is 29.6 Å². The Morgan fingerprint density at radius 2 is 1.69 bits per heavy atom. The Morgan fingerprint density at radius 3 is 2.34 bits per heavy atom. The van der Waals surface area contributed by atoms with Gasteiger partial charge in [0.05, 0.1) is 11.2 Å². The third-order valence-electron chi connectivity index (χ3n) is 5.32. The van der Waals surface area contributed by atoms with Crippen LogP contribution in [-0.2, 0) is 11.8 Å². The van der Waals surface area contributed by atoms with Gasteiger partial charge in [-0.2, -0.15) is 0 Å². The SMILES string of the molecule is Cn1c(N=C(N)C(=O)N2CCN(c3ccc(Cl)cc3)CC2)c(N)c2ccccc21. The molecule has 29 heavy (non-hydrogen) atoms. The molecule has 1 amide bonds. The number of piperazine rings is 1. The molecule has 1 aromatic heterocycles. The molecule has 1 saturated heterocycles. The van der Waals surface area contributed by atoms with Crippen molar-refractivity contribution in [3.05, 3.63) is 53.6 Å². The normalized spacial score (nSPS) is 15.2. The fourth-order valence-corrected chi connectivity index (χ4v) is 3.81. The minimum absolute atomic E-state index is 0.0532. The summed E-state index contributed by atoms with van der Waals surface area (Å²) in [6, 6.07) is 15.4. The molecule has 0 saturated carbocycles. The average Bonchev–Trinajstić information content (AvgIpc) is 2.99. The summed E-state index contributed by atoms with van der Waals surface area (Å²) in [6.45, 7) is 2.58. The molecule has 0 radical (unpaired) electrons. The minimum Gasteiger partial charge on any atom is -0.395 e. The fraction of sp³-hybridized carbons (Fsp3) is 0.238. The second-order valence-electron chi connectivity index (χ2n) is 7.07. The third-order valence-corrected chi connectivity index (χ3v) is 5.57. The molecular weight excluding hydrogens is 388 g/mol. The van der Waals surface area contributed by atoms with Crippen molar-refractivity contribution in [1.29, 1.82) is 0 Å². The van der Waals surface area contributed by atoms with E-state index in [1.165, 1.54) is 0 Å². The van der Waals surface area contributed by atoms with Crippen LogP contribution < -0.4 is 16.4 Å². The summed E-state index contributed by atoms with van der Waals surface area (Å²) in [5.74, 6) is 0.171. The Balaban J connectivity index is 1.48. The number of aliphatic imine (C=N–C) groups is 1. The summed E-state index contributed by atoms with van der Waals surface area (Å²) >= 11 is 5.96. The highest BCUT2D eigenvalue weighted by Gasteiger charge is 2.24. The largest absolute Gasteiger partial charge is 0.395 e. The average molecular weight is 411 g/mol. The summed E-state index contributed by atoms with van der Waals surface area (Å²) in [5, 5.41) is 1.60. The Hall–Kier alpha value is -3.19. The molecule has 4 rings (SSSR count). The summed E-state index contributed by atoms with van der Waals surface area (Å²) < 4.78 is 1.85. The van der Waals surface area contributed by atoms with Crippen LogP contribution in [0.3, 0.4) is 0 Å². The first-order valence-corrected chi connectivity index (χ1v) is 9.80. The van der Waals surface area contributed by atoms with Crippen molar-refractivity contribution < 1.29 is 4.79 Å². The number of hydrogen-bond acceptors (Lipinski definition) is 4. The van der Waals surface area contributed by atoms with Gasteiger partial charge >= 0.3 is 0 Å². The van der Waals surface area contributed by atoms with Crippen molar-refractivity contribution in [2.75, 3.05) is 36.8 Å². The number of anilines is 2. The molecule has 2 aromatic carbocycles. The van der Waals surface area contributed by atoms with Crippen molar-refractivity contribution in [2.45, 2.75) is 0 Å². The van der Waals surface area contributed by atoms with Gasteiger partial charge in [-0.3, -0.25) is 4.79 Å².